The standard InChI is InChI=1S/C17H21NO2S/c1-12(16-10-14-6-2-3-7-15(14)21-16)18-8-4-5-13(11-18)9-17(19)20/h2-3,6-7,10,12-13H,4-5,8-9,11H2,1H3,(H,19,20). The summed E-state index contributed by atoms with van der Waals surface area (Å²) in [5.74, 6) is -0.371. The van der Waals surface area contributed by atoms with Gasteiger partial charge in [-0.15, -0.1) is 11.3 Å². The maximum absolute atomic E-state index is 10.9. The van der Waals surface area contributed by atoms with Crippen LogP contribution in [0.5, 0.6) is 0 Å². The Balaban J connectivity index is 1.74. The lowest BCUT2D eigenvalue weighted by Crippen LogP contribution is -2.37. The summed E-state index contributed by atoms with van der Waals surface area (Å²) in [4.78, 5) is 14.7. The van der Waals surface area contributed by atoms with Crippen molar-refractivity contribution < 1.29 is 9.90 Å². The van der Waals surface area contributed by atoms with Gasteiger partial charge >= 0.3 is 5.97 Å². The van der Waals surface area contributed by atoms with Gasteiger partial charge in [-0.2, -0.15) is 0 Å². The van der Waals surface area contributed by atoms with E-state index in [1.54, 1.807) is 0 Å². The molecule has 21 heavy (non-hydrogen) atoms. The zero-order chi connectivity index (χ0) is 14.8. The molecule has 0 amide bonds. The first-order chi connectivity index (χ1) is 10.1. The van der Waals surface area contributed by atoms with Crippen LogP contribution in [0.2, 0.25) is 0 Å². The van der Waals surface area contributed by atoms with E-state index in [1.165, 1.54) is 15.0 Å². The van der Waals surface area contributed by atoms with Crippen molar-refractivity contribution >= 4 is 27.4 Å². The molecule has 3 nitrogen and oxygen atoms in total. The number of likely N-dealkylation sites (tertiary alicyclic amines) is 1. The minimum atomic E-state index is -0.670. The quantitative estimate of drug-likeness (QED) is 0.922. The summed E-state index contributed by atoms with van der Waals surface area (Å²) in [6.45, 7) is 4.22. The van der Waals surface area contributed by atoms with Gasteiger partial charge in [-0.25, -0.2) is 0 Å². The molecular formula is C17H21NO2S. The molecule has 4 heteroatoms. The normalized spacial score (nSPS) is 21.5. The molecule has 3 rings (SSSR count). The van der Waals surface area contributed by atoms with E-state index >= 15 is 0 Å². The highest BCUT2D eigenvalue weighted by Gasteiger charge is 2.26. The molecule has 1 aromatic carbocycles. The Kier molecular flexibility index (Phi) is 4.27. The highest BCUT2D eigenvalue weighted by atomic mass is 32.1. The van der Waals surface area contributed by atoms with Crippen LogP contribution in [0.3, 0.4) is 0 Å². The first-order valence-electron chi connectivity index (χ1n) is 7.58. The molecule has 1 aromatic heterocycles. The summed E-state index contributed by atoms with van der Waals surface area (Å²) < 4.78 is 1.33. The number of piperidine rings is 1. The molecule has 2 unspecified atom stereocenters. The van der Waals surface area contributed by atoms with Crippen molar-refractivity contribution in [3.8, 4) is 0 Å². The molecule has 2 heterocycles. The summed E-state index contributed by atoms with van der Waals surface area (Å²) in [5, 5.41) is 10.3. The second-order valence-electron chi connectivity index (χ2n) is 5.96. The van der Waals surface area contributed by atoms with E-state index < -0.39 is 5.97 Å². The average molecular weight is 303 g/mol. The Labute approximate surface area is 129 Å². The van der Waals surface area contributed by atoms with E-state index in [9.17, 15) is 4.79 Å². The average Bonchev–Trinajstić information content (AvgIpc) is 2.90. The number of hydrogen-bond acceptors (Lipinski definition) is 3. The van der Waals surface area contributed by atoms with Gasteiger partial charge in [0.15, 0.2) is 0 Å². The molecule has 2 atom stereocenters. The van der Waals surface area contributed by atoms with Gasteiger partial charge in [0.05, 0.1) is 0 Å². The highest BCUT2D eigenvalue weighted by Crippen LogP contribution is 2.34. The van der Waals surface area contributed by atoms with Gasteiger partial charge in [0.25, 0.3) is 0 Å². The van der Waals surface area contributed by atoms with Crippen molar-refractivity contribution in [2.75, 3.05) is 13.1 Å². The van der Waals surface area contributed by atoms with Crippen LogP contribution >= 0.6 is 11.3 Å². The van der Waals surface area contributed by atoms with E-state index in [-0.39, 0.29) is 0 Å². The summed E-state index contributed by atoms with van der Waals surface area (Å²) in [7, 11) is 0. The van der Waals surface area contributed by atoms with Crippen molar-refractivity contribution in [3.63, 3.8) is 0 Å². The number of benzene rings is 1. The van der Waals surface area contributed by atoms with Crippen LogP contribution < -0.4 is 0 Å². The molecule has 1 saturated heterocycles. The first-order valence-corrected chi connectivity index (χ1v) is 8.39. The molecule has 1 aliphatic rings. The maximum atomic E-state index is 10.9. The predicted octanol–water partition coefficient (Wildman–Crippen LogP) is 4.15. The second-order valence-corrected chi connectivity index (χ2v) is 7.08. The van der Waals surface area contributed by atoms with Gasteiger partial charge in [-0.05, 0) is 49.7 Å². The third-order valence-corrected chi connectivity index (χ3v) is 5.70. The molecular weight excluding hydrogens is 282 g/mol. The Bertz CT molecular complexity index is 604. The molecule has 0 radical (unpaired) electrons. The number of rotatable bonds is 4. The molecule has 1 fully saturated rings. The maximum Gasteiger partial charge on any atom is 0.303 e. The first kappa shape index (κ1) is 14.5. The molecule has 2 aromatic rings. The largest absolute Gasteiger partial charge is 0.481 e. The summed E-state index contributed by atoms with van der Waals surface area (Å²) in [5.41, 5.74) is 0. The van der Waals surface area contributed by atoms with Crippen LogP contribution in [-0.4, -0.2) is 29.1 Å². The van der Waals surface area contributed by atoms with Crippen molar-refractivity contribution in [3.05, 3.63) is 35.2 Å². The van der Waals surface area contributed by atoms with Crippen LogP contribution in [0.1, 0.15) is 37.1 Å². The Morgan fingerprint density at radius 1 is 1.48 bits per heavy atom. The predicted molar refractivity (Wildman–Crippen MR) is 86.8 cm³/mol. The third kappa shape index (κ3) is 3.27. The Morgan fingerprint density at radius 3 is 3.05 bits per heavy atom. The van der Waals surface area contributed by atoms with Gasteiger partial charge in [0, 0.05) is 28.6 Å². The lowest BCUT2D eigenvalue weighted by Gasteiger charge is -2.36. The van der Waals surface area contributed by atoms with Crippen molar-refractivity contribution in [2.24, 2.45) is 5.92 Å². The number of aliphatic carboxylic acids is 1. The fourth-order valence-corrected chi connectivity index (χ4v) is 4.40. The van der Waals surface area contributed by atoms with Crippen molar-refractivity contribution in [1.82, 2.24) is 4.90 Å². The monoisotopic (exact) mass is 303 g/mol. The number of hydrogen-bond donors (Lipinski definition) is 1. The Hall–Kier alpha value is -1.39. The lowest BCUT2D eigenvalue weighted by atomic mass is 9.94. The summed E-state index contributed by atoms with van der Waals surface area (Å²) in [6, 6.07) is 11.1. The number of nitrogens with zero attached hydrogens (tertiary/aromatic N) is 1. The smallest absolute Gasteiger partial charge is 0.303 e. The van der Waals surface area contributed by atoms with Gasteiger partial charge < -0.3 is 5.11 Å². The molecule has 1 aliphatic heterocycles. The Morgan fingerprint density at radius 2 is 2.29 bits per heavy atom. The molecule has 0 bridgehead atoms. The highest BCUT2D eigenvalue weighted by molar-refractivity contribution is 7.19. The van der Waals surface area contributed by atoms with Gasteiger partial charge in [-0.1, -0.05) is 18.2 Å². The van der Waals surface area contributed by atoms with Gasteiger partial charge in [0.1, 0.15) is 0 Å². The fourth-order valence-electron chi connectivity index (χ4n) is 3.25. The SMILES string of the molecule is CC(c1cc2ccccc2s1)N1CCCC(CC(=O)O)C1. The topological polar surface area (TPSA) is 40.5 Å². The molecule has 0 spiro atoms. The van der Waals surface area contributed by atoms with Crippen LogP contribution in [0.15, 0.2) is 30.3 Å². The van der Waals surface area contributed by atoms with E-state index in [4.69, 9.17) is 5.11 Å². The number of thiophene rings is 1. The minimum Gasteiger partial charge on any atom is -0.481 e. The van der Waals surface area contributed by atoms with Crippen LogP contribution in [0, 0.1) is 5.92 Å². The molecule has 1 N–H and O–H groups in total. The summed E-state index contributed by atoms with van der Waals surface area (Å²) >= 11 is 1.86. The van der Waals surface area contributed by atoms with E-state index in [0.717, 1.165) is 25.9 Å². The van der Waals surface area contributed by atoms with Crippen LogP contribution in [-0.2, 0) is 4.79 Å². The second kappa shape index (κ2) is 6.16. The summed E-state index contributed by atoms with van der Waals surface area (Å²) in [6.07, 6.45) is 2.45. The van der Waals surface area contributed by atoms with Crippen LogP contribution in [0.4, 0.5) is 0 Å². The molecule has 0 aliphatic carbocycles. The zero-order valence-corrected chi connectivity index (χ0v) is 13.1. The lowest BCUT2D eigenvalue weighted by molar-refractivity contribution is -0.138. The van der Waals surface area contributed by atoms with E-state index in [1.807, 2.05) is 11.3 Å². The molecule has 0 saturated carbocycles. The number of carbonyl (C=O) groups is 1. The fraction of sp³-hybridized carbons (Fsp3) is 0.471. The van der Waals surface area contributed by atoms with Gasteiger partial charge in [-0.3, -0.25) is 9.69 Å². The zero-order valence-electron chi connectivity index (χ0n) is 12.3. The van der Waals surface area contributed by atoms with E-state index in [0.29, 0.717) is 18.4 Å². The minimum absolute atomic E-state index is 0.299. The van der Waals surface area contributed by atoms with Crippen molar-refractivity contribution in [1.29, 1.82) is 0 Å². The van der Waals surface area contributed by atoms with Crippen molar-refractivity contribution in [2.45, 2.75) is 32.2 Å². The van der Waals surface area contributed by atoms with Crippen LogP contribution in [0.25, 0.3) is 10.1 Å². The molecule has 112 valence electrons. The van der Waals surface area contributed by atoms with E-state index in [2.05, 4.69) is 42.2 Å². The third-order valence-electron chi connectivity index (χ3n) is 4.42. The number of fused-ring (bicyclic) bond motifs is 1. The number of carboxylic acids is 1. The van der Waals surface area contributed by atoms with Gasteiger partial charge in [0.2, 0.25) is 0 Å². The number of carboxylic acid groups (broad SMARTS) is 1.